The molecule has 11 heteroatoms. The molecule has 1 aromatic heterocycles. The molecule has 38 heavy (non-hydrogen) atoms. The van der Waals surface area contributed by atoms with Crippen LogP contribution in [0.3, 0.4) is 0 Å². The van der Waals surface area contributed by atoms with Gasteiger partial charge in [-0.25, -0.2) is 13.8 Å². The van der Waals surface area contributed by atoms with Crippen LogP contribution in [0.25, 0.3) is 0 Å². The van der Waals surface area contributed by atoms with Gasteiger partial charge in [-0.2, -0.15) is 4.98 Å². The second-order valence-electron chi connectivity index (χ2n) is 10.8. The molecule has 1 saturated carbocycles. The number of alkyl halides is 1. The van der Waals surface area contributed by atoms with Crippen LogP contribution in [0, 0.1) is 11.7 Å². The average Bonchev–Trinajstić information content (AvgIpc) is 3.53. The molecule has 2 fully saturated rings. The summed E-state index contributed by atoms with van der Waals surface area (Å²) in [5, 5.41) is 19.7. The molecule has 2 aliphatic heterocycles. The molecule has 3 heterocycles. The molecule has 2 unspecified atom stereocenters. The first kappa shape index (κ1) is 26.4. The van der Waals surface area contributed by atoms with Crippen molar-refractivity contribution in [3.8, 4) is 0 Å². The molecule has 1 aliphatic carbocycles. The molecule has 1 saturated heterocycles. The lowest BCUT2D eigenvalue weighted by Crippen LogP contribution is -2.50. The third-order valence-corrected chi connectivity index (χ3v) is 7.82. The Hall–Kier alpha value is -3.21. The zero-order chi connectivity index (χ0) is 26.8. The van der Waals surface area contributed by atoms with Crippen LogP contribution in [0.1, 0.15) is 57.9 Å². The zero-order valence-electron chi connectivity index (χ0n) is 22.0. The summed E-state index contributed by atoms with van der Waals surface area (Å²) in [5.74, 6) is 0.866. The van der Waals surface area contributed by atoms with Crippen LogP contribution in [0.4, 0.5) is 31.9 Å². The maximum Gasteiger partial charge on any atom is 0.226 e. The fourth-order valence-corrected chi connectivity index (χ4v) is 5.94. The molecule has 4 N–H and O–H groups in total. The summed E-state index contributed by atoms with van der Waals surface area (Å²) in [4.78, 5) is 26.5. The van der Waals surface area contributed by atoms with E-state index in [-0.39, 0.29) is 42.1 Å². The van der Waals surface area contributed by atoms with E-state index in [1.54, 1.807) is 12.3 Å². The number of rotatable bonds is 8. The highest BCUT2D eigenvalue weighted by Crippen LogP contribution is 2.40. The van der Waals surface area contributed by atoms with Crippen molar-refractivity contribution in [1.29, 1.82) is 0 Å². The highest BCUT2D eigenvalue weighted by molar-refractivity contribution is 5.80. The Morgan fingerprint density at radius 1 is 1.24 bits per heavy atom. The molecule has 206 valence electrons. The number of halogens is 2. The number of likely N-dealkylation sites (tertiary alicyclic amines) is 1. The number of fused-ring (bicyclic) bond motifs is 1. The van der Waals surface area contributed by atoms with Gasteiger partial charge >= 0.3 is 0 Å². The van der Waals surface area contributed by atoms with Crippen molar-refractivity contribution in [2.75, 3.05) is 34.0 Å². The Labute approximate surface area is 222 Å². The molecule has 1 aromatic carbocycles. The fraction of sp³-hybridized carbons (Fsp3) is 0.593. The Balaban J connectivity index is 1.37. The number of anilines is 4. The molecular weight excluding hydrogens is 492 g/mol. The molecule has 0 spiro atoms. The number of benzene rings is 1. The van der Waals surface area contributed by atoms with Gasteiger partial charge in [0.25, 0.3) is 0 Å². The summed E-state index contributed by atoms with van der Waals surface area (Å²) >= 11 is 0. The van der Waals surface area contributed by atoms with E-state index < -0.39 is 18.8 Å². The maximum atomic E-state index is 13.7. The number of aliphatic hydroxyl groups excluding tert-OH is 1. The Kier molecular flexibility index (Phi) is 7.83. The van der Waals surface area contributed by atoms with Crippen LogP contribution in [0.15, 0.2) is 24.4 Å². The largest absolute Gasteiger partial charge is 0.394 e. The van der Waals surface area contributed by atoms with Gasteiger partial charge in [-0.1, -0.05) is 0 Å². The van der Waals surface area contributed by atoms with Crippen molar-refractivity contribution < 1.29 is 18.7 Å². The molecule has 9 nitrogen and oxygen atoms in total. The SMILES string of the molecule is CC(C)Nc1ncc2c(n1)N(C1CCC(C(=O)N3CCCC3CO)CC1)C(Nc1ccc(F)cc1CF)N2. The minimum absolute atomic E-state index is 0.0152. The van der Waals surface area contributed by atoms with E-state index in [4.69, 9.17) is 4.98 Å². The molecule has 1 amide bonds. The van der Waals surface area contributed by atoms with Crippen molar-refractivity contribution >= 4 is 29.0 Å². The third kappa shape index (κ3) is 5.34. The molecule has 2 atom stereocenters. The van der Waals surface area contributed by atoms with Gasteiger partial charge in [0, 0.05) is 35.8 Å². The van der Waals surface area contributed by atoms with E-state index in [9.17, 15) is 18.7 Å². The van der Waals surface area contributed by atoms with Gasteiger partial charge in [0.15, 0.2) is 12.1 Å². The predicted molar refractivity (Wildman–Crippen MR) is 143 cm³/mol. The third-order valence-electron chi connectivity index (χ3n) is 7.82. The number of aromatic nitrogens is 2. The van der Waals surface area contributed by atoms with Crippen molar-refractivity contribution in [2.45, 2.75) is 83.5 Å². The molecule has 5 rings (SSSR count). The van der Waals surface area contributed by atoms with Gasteiger partial charge in [-0.3, -0.25) is 4.79 Å². The number of amides is 1. The summed E-state index contributed by atoms with van der Waals surface area (Å²) in [5.41, 5.74) is 1.50. The Bertz CT molecular complexity index is 1140. The van der Waals surface area contributed by atoms with Gasteiger partial charge in [0.2, 0.25) is 11.9 Å². The van der Waals surface area contributed by atoms with Crippen molar-refractivity contribution in [2.24, 2.45) is 5.92 Å². The van der Waals surface area contributed by atoms with E-state index in [2.05, 4.69) is 25.8 Å². The average molecular weight is 530 g/mol. The summed E-state index contributed by atoms with van der Waals surface area (Å²) < 4.78 is 27.5. The van der Waals surface area contributed by atoms with Crippen molar-refractivity contribution in [3.63, 3.8) is 0 Å². The summed E-state index contributed by atoms with van der Waals surface area (Å²) in [6.45, 7) is 3.98. The molecule has 0 bridgehead atoms. The second kappa shape index (κ2) is 11.3. The lowest BCUT2D eigenvalue weighted by atomic mass is 9.84. The number of carbonyl (C=O) groups is 1. The van der Waals surface area contributed by atoms with Gasteiger partial charge < -0.3 is 30.9 Å². The van der Waals surface area contributed by atoms with Gasteiger partial charge in [-0.05, 0) is 70.6 Å². The topological polar surface area (TPSA) is 106 Å². The summed E-state index contributed by atoms with van der Waals surface area (Å²) in [6.07, 6.45) is 6.13. The van der Waals surface area contributed by atoms with Crippen molar-refractivity contribution in [1.82, 2.24) is 14.9 Å². The number of aliphatic hydroxyl groups is 1. The summed E-state index contributed by atoms with van der Waals surface area (Å²) in [6, 6.07) is 4.24. The first-order valence-corrected chi connectivity index (χ1v) is 13.6. The monoisotopic (exact) mass is 529 g/mol. The van der Waals surface area contributed by atoms with E-state index in [1.165, 1.54) is 12.1 Å². The molecular formula is C27H37F2N7O2. The minimum atomic E-state index is -0.791. The lowest BCUT2D eigenvalue weighted by molar-refractivity contribution is -0.138. The summed E-state index contributed by atoms with van der Waals surface area (Å²) in [7, 11) is 0. The predicted octanol–water partition coefficient (Wildman–Crippen LogP) is 4.08. The van der Waals surface area contributed by atoms with Crippen LogP contribution >= 0.6 is 0 Å². The van der Waals surface area contributed by atoms with E-state index >= 15 is 0 Å². The molecule has 3 aliphatic rings. The molecule has 2 aromatic rings. The maximum absolute atomic E-state index is 13.7. The highest BCUT2D eigenvalue weighted by atomic mass is 19.1. The van der Waals surface area contributed by atoms with Crippen LogP contribution in [-0.2, 0) is 11.5 Å². The number of carbonyl (C=O) groups excluding carboxylic acids is 1. The quantitative estimate of drug-likeness (QED) is 0.406. The second-order valence-corrected chi connectivity index (χ2v) is 10.8. The number of nitrogens with zero attached hydrogens (tertiary/aromatic N) is 4. The van der Waals surface area contributed by atoms with Gasteiger partial charge in [0.1, 0.15) is 12.5 Å². The van der Waals surface area contributed by atoms with Crippen LogP contribution in [0.2, 0.25) is 0 Å². The van der Waals surface area contributed by atoms with E-state index in [1.807, 2.05) is 18.7 Å². The first-order chi connectivity index (χ1) is 18.4. The zero-order valence-corrected chi connectivity index (χ0v) is 22.0. The van der Waals surface area contributed by atoms with Gasteiger partial charge in [0.05, 0.1) is 24.5 Å². The minimum Gasteiger partial charge on any atom is -0.394 e. The van der Waals surface area contributed by atoms with Crippen LogP contribution < -0.4 is 20.9 Å². The highest BCUT2D eigenvalue weighted by Gasteiger charge is 2.41. The Morgan fingerprint density at radius 3 is 2.74 bits per heavy atom. The normalized spacial score (nSPS) is 24.9. The van der Waals surface area contributed by atoms with E-state index in [0.717, 1.165) is 56.6 Å². The first-order valence-electron chi connectivity index (χ1n) is 13.6. The number of hydrogen-bond donors (Lipinski definition) is 4. The van der Waals surface area contributed by atoms with Gasteiger partial charge in [-0.15, -0.1) is 0 Å². The molecule has 0 radical (unpaired) electrons. The smallest absolute Gasteiger partial charge is 0.226 e. The standard InChI is InChI=1S/C27H37F2N7O2/c1-16(2)31-26-30-14-23-24(34-26)36(27(33-23)32-22-10-7-19(29)12-18(22)13-28)20-8-5-17(6-9-20)25(38)35-11-3-4-21(35)15-37/h7,10,12,14,16-17,20-21,27,32-33,37H,3-6,8-9,11,13,15H2,1-2H3,(H,30,31,34). The Morgan fingerprint density at radius 2 is 2.03 bits per heavy atom. The van der Waals surface area contributed by atoms with Crippen LogP contribution in [0.5, 0.6) is 0 Å². The fourth-order valence-electron chi connectivity index (χ4n) is 5.94. The number of hydrogen-bond acceptors (Lipinski definition) is 8. The van der Waals surface area contributed by atoms with E-state index in [0.29, 0.717) is 11.6 Å². The van der Waals surface area contributed by atoms with Crippen LogP contribution in [-0.4, -0.2) is 63.4 Å². The van der Waals surface area contributed by atoms with Crippen molar-refractivity contribution in [3.05, 3.63) is 35.8 Å². The lowest BCUT2D eigenvalue weighted by Gasteiger charge is -2.39. The number of nitrogens with one attached hydrogen (secondary N) is 3.